The van der Waals surface area contributed by atoms with E-state index in [4.69, 9.17) is 4.74 Å². The summed E-state index contributed by atoms with van der Waals surface area (Å²) in [5.74, 6) is 0.360. The molecule has 0 saturated heterocycles. The fourth-order valence-corrected chi connectivity index (χ4v) is 3.08. The summed E-state index contributed by atoms with van der Waals surface area (Å²) >= 11 is 0. The maximum atomic E-state index is 12.8. The quantitative estimate of drug-likeness (QED) is 0.824. The zero-order chi connectivity index (χ0) is 16.4. The van der Waals surface area contributed by atoms with Gasteiger partial charge in [-0.1, -0.05) is 0 Å². The predicted molar refractivity (Wildman–Crippen MR) is 76.3 cm³/mol. The zero-order valence-electron chi connectivity index (χ0n) is 11.2. The summed E-state index contributed by atoms with van der Waals surface area (Å²) in [6.45, 7) is 0. The third-order valence-electron chi connectivity index (χ3n) is 2.62. The van der Waals surface area contributed by atoms with Gasteiger partial charge in [-0.15, -0.1) is 3.89 Å². The Labute approximate surface area is 127 Å². The number of sulfonamides is 1. The number of halogens is 1. The standard InChI is InChI=1S/C12H11FN2O5S2/c1-20-10-6-9(7-14-8-10)15-22(18,19)12-4-2-11(3-5-12)21(13,16)17/h2-8,15H,1H3. The smallest absolute Gasteiger partial charge is 0.332 e. The van der Waals surface area contributed by atoms with E-state index >= 15 is 0 Å². The van der Waals surface area contributed by atoms with Crippen molar-refractivity contribution in [2.75, 3.05) is 11.8 Å². The van der Waals surface area contributed by atoms with Crippen LogP contribution >= 0.6 is 0 Å². The fraction of sp³-hybridized carbons (Fsp3) is 0.0833. The van der Waals surface area contributed by atoms with E-state index in [2.05, 4.69) is 9.71 Å². The van der Waals surface area contributed by atoms with Crippen LogP contribution in [-0.2, 0) is 20.2 Å². The molecule has 0 saturated carbocycles. The lowest BCUT2D eigenvalue weighted by atomic mass is 10.4. The van der Waals surface area contributed by atoms with Gasteiger partial charge in [0.2, 0.25) is 0 Å². The number of nitrogens with one attached hydrogen (secondary N) is 1. The van der Waals surface area contributed by atoms with E-state index in [-0.39, 0.29) is 10.6 Å². The molecule has 0 spiro atoms. The second-order valence-corrected chi connectivity index (χ2v) is 7.16. The lowest BCUT2D eigenvalue weighted by Crippen LogP contribution is -2.13. The fourth-order valence-electron chi connectivity index (χ4n) is 1.58. The number of benzene rings is 1. The lowest BCUT2D eigenvalue weighted by Gasteiger charge is -2.09. The first-order valence-corrected chi connectivity index (χ1v) is 8.65. The summed E-state index contributed by atoms with van der Waals surface area (Å²) in [5.41, 5.74) is 0.168. The van der Waals surface area contributed by atoms with Crippen LogP contribution in [-0.4, -0.2) is 28.9 Å². The largest absolute Gasteiger partial charge is 0.495 e. The number of aromatic nitrogens is 1. The predicted octanol–water partition coefficient (Wildman–Crippen LogP) is 1.55. The molecule has 0 amide bonds. The van der Waals surface area contributed by atoms with Gasteiger partial charge in [0, 0.05) is 6.07 Å². The van der Waals surface area contributed by atoms with Gasteiger partial charge in [-0.2, -0.15) is 8.42 Å². The molecule has 2 rings (SSSR count). The molecule has 1 aromatic carbocycles. The van der Waals surface area contributed by atoms with Crippen LogP contribution in [0.25, 0.3) is 0 Å². The lowest BCUT2D eigenvalue weighted by molar-refractivity contribution is 0.413. The Bertz CT molecular complexity index is 880. The molecule has 0 aliphatic heterocycles. The van der Waals surface area contributed by atoms with Gasteiger partial charge in [-0.25, -0.2) is 8.42 Å². The van der Waals surface area contributed by atoms with Crippen molar-refractivity contribution in [1.82, 2.24) is 4.98 Å². The molecule has 0 atom stereocenters. The van der Waals surface area contributed by atoms with Crippen molar-refractivity contribution >= 4 is 25.9 Å². The Morgan fingerprint density at radius 3 is 2.18 bits per heavy atom. The van der Waals surface area contributed by atoms with Gasteiger partial charge < -0.3 is 4.74 Å². The van der Waals surface area contributed by atoms with Crippen LogP contribution in [0.2, 0.25) is 0 Å². The van der Waals surface area contributed by atoms with E-state index in [1.807, 2.05) is 0 Å². The Hall–Kier alpha value is -2.20. The summed E-state index contributed by atoms with van der Waals surface area (Å²) < 4.78 is 65.6. The van der Waals surface area contributed by atoms with E-state index in [1.165, 1.54) is 25.6 Å². The minimum Gasteiger partial charge on any atom is -0.495 e. The molecule has 0 fully saturated rings. The first-order valence-electron chi connectivity index (χ1n) is 5.79. The Morgan fingerprint density at radius 1 is 1.05 bits per heavy atom. The van der Waals surface area contributed by atoms with Gasteiger partial charge in [-0.05, 0) is 24.3 Å². The summed E-state index contributed by atoms with van der Waals surface area (Å²) in [7, 11) is -7.43. The van der Waals surface area contributed by atoms with Gasteiger partial charge in [0.15, 0.2) is 0 Å². The van der Waals surface area contributed by atoms with Gasteiger partial charge in [-0.3, -0.25) is 9.71 Å². The molecule has 0 unspecified atom stereocenters. The minimum atomic E-state index is -4.87. The average molecular weight is 346 g/mol. The molecule has 2 aromatic rings. The molecule has 0 radical (unpaired) electrons. The second kappa shape index (κ2) is 5.89. The summed E-state index contributed by atoms with van der Waals surface area (Å²) in [6, 6.07) is 5.14. The molecule has 1 aromatic heterocycles. The van der Waals surface area contributed by atoms with Crippen molar-refractivity contribution in [2.24, 2.45) is 0 Å². The van der Waals surface area contributed by atoms with Crippen LogP contribution in [0.3, 0.4) is 0 Å². The summed E-state index contributed by atoms with van der Waals surface area (Å²) in [6.07, 6.45) is 2.68. The molecule has 0 bridgehead atoms. The number of nitrogens with zero attached hydrogens (tertiary/aromatic N) is 1. The molecule has 0 aliphatic carbocycles. The molecular formula is C12H11FN2O5S2. The number of anilines is 1. The highest BCUT2D eigenvalue weighted by atomic mass is 32.3. The van der Waals surface area contributed by atoms with Crippen LogP contribution < -0.4 is 9.46 Å². The van der Waals surface area contributed by atoms with Crippen molar-refractivity contribution in [2.45, 2.75) is 9.79 Å². The van der Waals surface area contributed by atoms with Crippen molar-refractivity contribution < 1.29 is 25.5 Å². The van der Waals surface area contributed by atoms with Gasteiger partial charge in [0.25, 0.3) is 10.0 Å². The second-order valence-electron chi connectivity index (χ2n) is 4.13. The van der Waals surface area contributed by atoms with E-state index in [1.54, 1.807) is 0 Å². The van der Waals surface area contributed by atoms with Crippen molar-refractivity contribution in [3.8, 4) is 5.75 Å². The third kappa shape index (κ3) is 3.71. The van der Waals surface area contributed by atoms with E-state index < -0.39 is 25.1 Å². The maximum absolute atomic E-state index is 12.8. The van der Waals surface area contributed by atoms with Gasteiger partial charge >= 0.3 is 10.2 Å². The number of rotatable bonds is 5. The highest BCUT2D eigenvalue weighted by Crippen LogP contribution is 2.21. The number of pyridine rings is 1. The number of ether oxygens (including phenoxy) is 1. The molecule has 22 heavy (non-hydrogen) atoms. The third-order valence-corrected chi connectivity index (χ3v) is 4.85. The monoisotopic (exact) mass is 346 g/mol. The minimum absolute atomic E-state index is 0.168. The number of hydrogen-bond donors (Lipinski definition) is 1. The first kappa shape index (κ1) is 16.2. The summed E-state index contributed by atoms with van der Waals surface area (Å²) in [5, 5.41) is 0. The van der Waals surface area contributed by atoms with E-state index in [9.17, 15) is 20.7 Å². The highest BCUT2D eigenvalue weighted by Gasteiger charge is 2.17. The Morgan fingerprint density at radius 2 is 1.64 bits per heavy atom. The maximum Gasteiger partial charge on any atom is 0.332 e. The molecule has 0 aliphatic rings. The van der Waals surface area contributed by atoms with E-state index in [0.717, 1.165) is 24.3 Å². The van der Waals surface area contributed by atoms with Crippen LogP contribution in [0.15, 0.2) is 52.5 Å². The first-order chi connectivity index (χ1) is 10.2. The van der Waals surface area contributed by atoms with Crippen LogP contribution in [0, 0.1) is 0 Å². The normalized spacial score (nSPS) is 11.9. The zero-order valence-corrected chi connectivity index (χ0v) is 12.9. The SMILES string of the molecule is COc1cncc(NS(=O)(=O)c2ccc(S(=O)(=O)F)cc2)c1. The van der Waals surface area contributed by atoms with Gasteiger partial charge in [0.05, 0.1) is 35.0 Å². The molecular weight excluding hydrogens is 335 g/mol. The highest BCUT2D eigenvalue weighted by molar-refractivity contribution is 7.92. The Kier molecular flexibility index (Phi) is 4.33. The van der Waals surface area contributed by atoms with Crippen molar-refractivity contribution in [3.63, 3.8) is 0 Å². The van der Waals surface area contributed by atoms with Crippen LogP contribution in [0.4, 0.5) is 9.57 Å². The number of hydrogen-bond acceptors (Lipinski definition) is 6. The molecule has 1 N–H and O–H groups in total. The topological polar surface area (TPSA) is 102 Å². The van der Waals surface area contributed by atoms with Crippen LogP contribution in [0.1, 0.15) is 0 Å². The van der Waals surface area contributed by atoms with Crippen molar-refractivity contribution in [3.05, 3.63) is 42.7 Å². The molecule has 10 heteroatoms. The van der Waals surface area contributed by atoms with E-state index in [0.29, 0.717) is 5.75 Å². The number of methoxy groups -OCH3 is 1. The molecule has 118 valence electrons. The van der Waals surface area contributed by atoms with Crippen molar-refractivity contribution in [1.29, 1.82) is 0 Å². The summed E-state index contributed by atoms with van der Waals surface area (Å²) in [4.78, 5) is 2.96. The Balaban J connectivity index is 2.30. The van der Waals surface area contributed by atoms with Crippen LogP contribution in [0.5, 0.6) is 5.75 Å². The molecule has 1 heterocycles. The van der Waals surface area contributed by atoms with Gasteiger partial charge in [0.1, 0.15) is 5.75 Å². The average Bonchev–Trinajstić information content (AvgIpc) is 2.46. The molecule has 7 nitrogen and oxygen atoms in total.